The largest absolute Gasteiger partial charge is 0.389 e. The normalized spacial score (nSPS) is 13.7. The van der Waals surface area contributed by atoms with E-state index >= 15 is 0 Å². The van der Waals surface area contributed by atoms with Crippen molar-refractivity contribution < 1.29 is 5.11 Å². The molecule has 6 heavy (non-hydrogen) atoms. The quantitative estimate of drug-likeness (QED) is 0.524. The Balaban J connectivity index is 2.96. The van der Waals surface area contributed by atoms with Gasteiger partial charge in [0.05, 0.1) is 6.10 Å². The number of hydrogen-bond donors (Lipinski definition) is 1. The molecule has 0 amide bonds. The second-order valence-corrected chi connectivity index (χ2v) is 1.17. The molecular formula is C5H9O. The van der Waals surface area contributed by atoms with Gasteiger partial charge in [-0.3, -0.25) is 0 Å². The van der Waals surface area contributed by atoms with Gasteiger partial charge >= 0.3 is 0 Å². The SMILES string of the molecule is [CH]=CC(O)CC. The monoisotopic (exact) mass is 85.1 g/mol. The molecule has 1 heteroatoms. The molecule has 1 atom stereocenters. The van der Waals surface area contributed by atoms with Crippen molar-refractivity contribution in [1.29, 1.82) is 0 Å². The van der Waals surface area contributed by atoms with Crippen LogP contribution in [0.3, 0.4) is 0 Å². The van der Waals surface area contributed by atoms with E-state index in [1.165, 1.54) is 6.08 Å². The average molecular weight is 85.1 g/mol. The molecule has 0 aliphatic rings. The van der Waals surface area contributed by atoms with Gasteiger partial charge in [0.25, 0.3) is 0 Å². The molecule has 35 valence electrons. The van der Waals surface area contributed by atoms with E-state index in [0.717, 1.165) is 0 Å². The van der Waals surface area contributed by atoms with Crippen LogP contribution in [0, 0.1) is 6.58 Å². The van der Waals surface area contributed by atoms with Gasteiger partial charge in [-0.1, -0.05) is 19.6 Å². The summed E-state index contributed by atoms with van der Waals surface area (Å²) in [7, 11) is 0. The summed E-state index contributed by atoms with van der Waals surface area (Å²) in [4.78, 5) is 0. The van der Waals surface area contributed by atoms with Gasteiger partial charge in [0.2, 0.25) is 0 Å². The highest BCUT2D eigenvalue weighted by molar-refractivity contribution is 4.72. The van der Waals surface area contributed by atoms with E-state index < -0.39 is 6.10 Å². The summed E-state index contributed by atoms with van der Waals surface area (Å²) in [6.07, 6.45) is 1.57. The Hall–Kier alpha value is -0.300. The summed E-state index contributed by atoms with van der Waals surface area (Å²) in [6, 6.07) is 0. The van der Waals surface area contributed by atoms with Gasteiger partial charge in [0.1, 0.15) is 0 Å². The van der Waals surface area contributed by atoms with Crippen LogP contribution in [0.25, 0.3) is 0 Å². The molecule has 1 radical (unpaired) electrons. The van der Waals surface area contributed by atoms with E-state index in [1.54, 1.807) is 0 Å². The Bertz CT molecular complexity index is 41.2. The number of aliphatic hydroxyl groups is 1. The molecule has 1 nitrogen and oxygen atoms in total. The third-order valence-corrected chi connectivity index (χ3v) is 0.640. The van der Waals surface area contributed by atoms with Crippen molar-refractivity contribution in [3.63, 3.8) is 0 Å². The maximum Gasteiger partial charge on any atom is 0.0721 e. The molecule has 0 fully saturated rings. The molecule has 0 rings (SSSR count). The van der Waals surface area contributed by atoms with Crippen molar-refractivity contribution in [2.75, 3.05) is 0 Å². The summed E-state index contributed by atoms with van der Waals surface area (Å²) < 4.78 is 0. The Morgan fingerprint density at radius 1 is 2.00 bits per heavy atom. The van der Waals surface area contributed by atoms with Crippen LogP contribution in [0.15, 0.2) is 6.08 Å². The lowest BCUT2D eigenvalue weighted by Crippen LogP contribution is -1.96. The van der Waals surface area contributed by atoms with E-state index in [0.29, 0.717) is 6.42 Å². The molecule has 0 aromatic carbocycles. The molecule has 0 heterocycles. The molecule has 0 aromatic heterocycles. The lowest BCUT2D eigenvalue weighted by molar-refractivity contribution is 0.219. The smallest absolute Gasteiger partial charge is 0.0721 e. The van der Waals surface area contributed by atoms with Gasteiger partial charge in [-0.25, -0.2) is 0 Å². The van der Waals surface area contributed by atoms with E-state index in [4.69, 9.17) is 11.7 Å². The highest BCUT2D eigenvalue weighted by Gasteiger charge is 1.86. The maximum absolute atomic E-state index is 8.49. The van der Waals surface area contributed by atoms with Crippen LogP contribution in [0.5, 0.6) is 0 Å². The molecule has 0 aliphatic heterocycles. The van der Waals surface area contributed by atoms with Crippen LogP contribution >= 0.6 is 0 Å². The summed E-state index contributed by atoms with van der Waals surface area (Å²) in [5.74, 6) is 0. The molecule has 0 aliphatic carbocycles. The molecule has 1 unspecified atom stereocenters. The van der Waals surface area contributed by atoms with Crippen LogP contribution in [0.2, 0.25) is 0 Å². The zero-order chi connectivity index (χ0) is 4.99. The van der Waals surface area contributed by atoms with Crippen molar-refractivity contribution in [1.82, 2.24) is 0 Å². The Labute approximate surface area is 38.3 Å². The molecule has 1 N–H and O–H groups in total. The third kappa shape index (κ3) is 1.97. The average Bonchev–Trinajstić information content (AvgIpc) is 1.65. The number of rotatable bonds is 2. The van der Waals surface area contributed by atoms with Crippen LogP contribution in [0.4, 0.5) is 0 Å². The Kier molecular flexibility index (Phi) is 2.77. The lowest BCUT2D eigenvalue weighted by atomic mass is 10.3. The summed E-state index contributed by atoms with van der Waals surface area (Å²) in [5.41, 5.74) is 0. The first-order chi connectivity index (χ1) is 2.81. The zero-order valence-corrected chi connectivity index (χ0v) is 3.89. The second-order valence-electron chi connectivity index (χ2n) is 1.17. The van der Waals surface area contributed by atoms with Crippen molar-refractivity contribution in [2.45, 2.75) is 19.4 Å². The summed E-state index contributed by atoms with van der Waals surface area (Å²) in [6.45, 7) is 6.78. The molecular weight excluding hydrogens is 76.1 g/mol. The lowest BCUT2D eigenvalue weighted by Gasteiger charge is -1.93. The highest BCUT2D eigenvalue weighted by atomic mass is 16.3. The predicted octanol–water partition coefficient (Wildman–Crippen LogP) is 0.746. The Morgan fingerprint density at radius 2 is 2.50 bits per heavy atom. The zero-order valence-electron chi connectivity index (χ0n) is 3.89. The molecule has 0 aromatic rings. The van der Waals surface area contributed by atoms with Crippen LogP contribution in [0.1, 0.15) is 13.3 Å². The van der Waals surface area contributed by atoms with Crippen LogP contribution in [-0.2, 0) is 0 Å². The van der Waals surface area contributed by atoms with Gasteiger partial charge in [-0.05, 0) is 6.42 Å². The number of aliphatic hydroxyl groups excluding tert-OH is 1. The van der Waals surface area contributed by atoms with E-state index in [2.05, 4.69) is 0 Å². The van der Waals surface area contributed by atoms with Crippen molar-refractivity contribution in [2.24, 2.45) is 0 Å². The molecule has 0 saturated heterocycles. The maximum atomic E-state index is 8.49. The van der Waals surface area contributed by atoms with Gasteiger partial charge in [0.15, 0.2) is 0 Å². The Morgan fingerprint density at radius 3 is 2.50 bits per heavy atom. The first kappa shape index (κ1) is 5.70. The van der Waals surface area contributed by atoms with Crippen molar-refractivity contribution in [3.05, 3.63) is 12.7 Å². The fraction of sp³-hybridized carbons (Fsp3) is 0.600. The summed E-state index contributed by atoms with van der Waals surface area (Å²) in [5, 5.41) is 8.49. The van der Waals surface area contributed by atoms with Gasteiger partial charge in [0, 0.05) is 0 Å². The number of hydrogen-bond acceptors (Lipinski definition) is 1. The molecule has 0 spiro atoms. The van der Waals surface area contributed by atoms with Gasteiger partial charge in [-0.15, -0.1) is 0 Å². The van der Waals surface area contributed by atoms with E-state index in [9.17, 15) is 0 Å². The van der Waals surface area contributed by atoms with Gasteiger partial charge < -0.3 is 5.11 Å². The van der Waals surface area contributed by atoms with Crippen LogP contribution in [-0.4, -0.2) is 11.2 Å². The molecule has 0 saturated carbocycles. The first-order valence-corrected chi connectivity index (χ1v) is 2.04. The fourth-order valence-electron chi connectivity index (χ4n) is 0.136. The van der Waals surface area contributed by atoms with E-state index in [-0.39, 0.29) is 0 Å². The summed E-state index contributed by atoms with van der Waals surface area (Å²) >= 11 is 0. The predicted molar refractivity (Wildman–Crippen MR) is 25.2 cm³/mol. The van der Waals surface area contributed by atoms with Crippen LogP contribution < -0.4 is 0 Å². The highest BCUT2D eigenvalue weighted by Crippen LogP contribution is 1.86. The second kappa shape index (κ2) is 2.91. The standard InChI is InChI=1S/C5H9O/c1-3-5(6)4-2/h1,3,5-6H,4H2,2H3. The van der Waals surface area contributed by atoms with Crippen molar-refractivity contribution in [3.8, 4) is 0 Å². The minimum absolute atomic E-state index is 0.412. The fourth-order valence-corrected chi connectivity index (χ4v) is 0.136. The third-order valence-electron chi connectivity index (χ3n) is 0.640. The first-order valence-electron chi connectivity index (χ1n) is 2.04. The molecule has 0 bridgehead atoms. The minimum atomic E-state index is -0.412. The topological polar surface area (TPSA) is 20.2 Å². The van der Waals surface area contributed by atoms with Gasteiger partial charge in [-0.2, -0.15) is 0 Å². The van der Waals surface area contributed by atoms with Crippen molar-refractivity contribution >= 4 is 0 Å². The minimum Gasteiger partial charge on any atom is -0.389 e. The van der Waals surface area contributed by atoms with E-state index in [1.807, 2.05) is 6.92 Å².